The number of aryl methyl sites for hydroxylation is 2. The third-order valence-electron chi connectivity index (χ3n) is 5.19. The SMILES string of the molecule is CCC(C(=O)Nc1cc(C)cc(C)c1)n1cnc2scc(-c3ccc(F)cc3)c2c1=O. The van der Waals surface area contributed by atoms with Crippen LogP contribution in [-0.4, -0.2) is 15.5 Å². The lowest BCUT2D eigenvalue weighted by Gasteiger charge is -2.18. The zero-order valence-corrected chi connectivity index (χ0v) is 18.3. The van der Waals surface area contributed by atoms with E-state index < -0.39 is 6.04 Å². The lowest BCUT2D eigenvalue weighted by molar-refractivity contribution is -0.119. The number of halogens is 1. The molecule has 0 saturated heterocycles. The highest BCUT2D eigenvalue weighted by atomic mass is 32.1. The van der Waals surface area contributed by atoms with Gasteiger partial charge in [0.15, 0.2) is 0 Å². The van der Waals surface area contributed by atoms with E-state index in [0.717, 1.165) is 16.7 Å². The van der Waals surface area contributed by atoms with Gasteiger partial charge in [-0.15, -0.1) is 11.3 Å². The largest absolute Gasteiger partial charge is 0.324 e. The molecule has 0 aliphatic heterocycles. The minimum absolute atomic E-state index is 0.269. The molecule has 1 atom stereocenters. The summed E-state index contributed by atoms with van der Waals surface area (Å²) in [5.41, 5.74) is 3.93. The Morgan fingerprint density at radius 2 is 1.84 bits per heavy atom. The molecule has 4 rings (SSSR count). The fourth-order valence-electron chi connectivity index (χ4n) is 3.79. The van der Waals surface area contributed by atoms with Gasteiger partial charge in [-0.2, -0.15) is 0 Å². The van der Waals surface area contributed by atoms with Crippen LogP contribution in [0.15, 0.2) is 59.0 Å². The van der Waals surface area contributed by atoms with Crippen LogP contribution in [0.5, 0.6) is 0 Å². The number of rotatable bonds is 5. The number of fused-ring (bicyclic) bond motifs is 1. The van der Waals surface area contributed by atoms with Gasteiger partial charge < -0.3 is 5.32 Å². The maximum Gasteiger partial charge on any atom is 0.263 e. The van der Waals surface area contributed by atoms with Gasteiger partial charge in [0.2, 0.25) is 5.91 Å². The van der Waals surface area contributed by atoms with Crippen LogP contribution >= 0.6 is 11.3 Å². The van der Waals surface area contributed by atoms with Crippen molar-refractivity contribution in [2.75, 3.05) is 5.32 Å². The van der Waals surface area contributed by atoms with Crippen molar-refractivity contribution in [1.29, 1.82) is 0 Å². The van der Waals surface area contributed by atoms with Crippen LogP contribution in [0.4, 0.5) is 10.1 Å². The minimum Gasteiger partial charge on any atom is -0.324 e. The number of nitrogens with one attached hydrogen (secondary N) is 1. The van der Waals surface area contributed by atoms with Crippen LogP contribution in [-0.2, 0) is 4.79 Å². The third-order valence-corrected chi connectivity index (χ3v) is 6.08. The summed E-state index contributed by atoms with van der Waals surface area (Å²) in [6.07, 6.45) is 1.87. The molecule has 7 heteroatoms. The van der Waals surface area contributed by atoms with Crippen LogP contribution in [0, 0.1) is 19.7 Å². The number of hydrogen-bond acceptors (Lipinski definition) is 4. The third kappa shape index (κ3) is 4.14. The Kier molecular flexibility index (Phi) is 5.69. The molecular weight excluding hydrogens is 413 g/mol. The fraction of sp³-hybridized carbons (Fsp3) is 0.208. The predicted molar refractivity (Wildman–Crippen MR) is 123 cm³/mol. The maximum absolute atomic E-state index is 13.4. The van der Waals surface area contributed by atoms with Crippen molar-refractivity contribution in [3.05, 3.63) is 81.5 Å². The van der Waals surface area contributed by atoms with Crippen molar-refractivity contribution in [1.82, 2.24) is 9.55 Å². The van der Waals surface area contributed by atoms with Crippen LogP contribution < -0.4 is 10.9 Å². The summed E-state index contributed by atoms with van der Waals surface area (Å²) in [6, 6.07) is 11.1. The van der Waals surface area contributed by atoms with E-state index in [1.807, 2.05) is 44.4 Å². The second-order valence-corrected chi connectivity index (χ2v) is 8.44. The Morgan fingerprint density at radius 1 is 1.16 bits per heavy atom. The van der Waals surface area contributed by atoms with Crippen molar-refractivity contribution in [2.24, 2.45) is 0 Å². The lowest BCUT2D eigenvalue weighted by atomic mass is 10.1. The topological polar surface area (TPSA) is 64.0 Å². The minimum atomic E-state index is -0.703. The Morgan fingerprint density at radius 3 is 2.48 bits per heavy atom. The van der Waals surface area contributed by atoms with Gasteiger partial charge in [-0.25, -0.2) is 9.37 Å². The van der Waals surface area contributed by atoms with E-state index in [1.165, 1.54) is 34.4 Å². The maximum atomic E-state index is 13.4. The Bertz CT molecular complexity index is 1300. The summed E-state index contributed by atoms with van der Waals surface area (Å²) in [7, 11) is 0. The van der Waals surface area contributed by atoms with Crippen molar-refractivity contribution in [2.45, 2.75) is 33.2 Å². The Balaban J connectivity index is 1.74. The van der Waals surface area contributed by atoms with Gasteiger partial charge in [-0.3, -0.25) is 14.2 Å². The van der Waals surface area contributed by atoms with Gasteiger partial charge >= 0.3 is 0 Å². The van der Waals surface area contributed by atoms with E-state index in [1.54, 1.807) is 12.1 Å². The van der Waals surface area contributed by atoms with Crippen LogP contribution in [0.25, 0.3) is 21.3 Å². The summed E-state index contributed by atoms with van der Waals surface area (Å²) in [5.74, 6) is -0.609. The first-order valence-electron chi connectivity index (χ1n) is 10.0. The first kappa shape index (κ1) is 20.9. The number of anilines is 1. The van der Waals surface area contributed by atoms with Crippen molar-refractivity contribution in [3.63, 3.8) is 0 Å². The Hall–Kier alpha value is -3.32. The zero-order valence-electron chi connectivity index (χ0n) is 17.5. The quantitative estimate of drug-likeness (QED) is 0.452. The molecule has 0 fully saturated rings. The number of thiophene rings is 1. The van der Waals surface area contributed by atoms with Gasteiger partial charge in [0.25, 0.3) is 5.56 Å². The summed E-state index contributed by atoms with van der Waals surface area (Å²) >= 11 is 1.35. The highest BCUT2D eigenvalue weighted by Gasteiger charge is 2.23. The zero-order chi connectivity index (χ0) is 22.1. The number of nitrogens with zero attached hydrogens (tertiary/aromatic N) is 2. The molecule has 4 aromatic rings. The smallest absolute Gasteiger partial charge is 0.263 e. The molecule has 158 valence electrons. The normalized spacial score (nSPS) is 12.1. The molecule has 0 aliphatic rings. The van der Waals surface area contributed by atoms with E-state index in [9.17, 15) is 14.0 Å². The van der Waals surface area contributed by atoms with Gasteiger partial charge in [-0.1, -0.05) is 25.1 Å². The van der Waals surface area contributed by atoms with Crippen LogP contribution in [0.1, 0.15) is 30.5 Å². The van der Waals surface area contributed by atoms with E-state index >= 15 is 0 Å². The molecule has 5 nitrogen and oxygen atoms in total. The lowest BCUT2D eigenvalue weighted by Crippen LogP contribution is -2.33. The number of hydrogen-bond donors (Lipinski definition) is 1. The average Bonchev–Trinajstić information content (AvgIpc) is 3.15. The fourth-order valence-corrected chi connectivity index (χ4v) is 4.70. The molecule has 0 saturated carbocycles. The molecule has 2 aromatic carbocycles. The summed E-state index contributed by atoms with van der Waals surface area (Å²) in [5, 5.41) is 5.21. The van der Waals surface area contributed by atoms with Crippen molar-refractivity contribution < 1.29 is 9.18 Å². The predicted octanol–water partition coefficient (Wildman–Crippen LogP) is 5.47. The molecule has 0 spiro atoms. The van der Waals surface area contributed by atoms with Crippen molar-refractivity contribution >= 4 is 33.1 Å². The molecule has 2 aromatic heterocycles. The second-order valence-electron chi connectivity index (χ2n) is 7.58. The van der Waals surface area contributed by atoms with Gasteiger partial charge in [0.05, 0.1) is 11.7 Å². The molecule has 0 aliphatic carbocycles. The van der Waals surface area contributed by atoms with E-state index in [2.05, 4.69) is 10.3 Å². The highest BCUT2D eigenvalue weighted by molar-refractivity contribution is 7.17. The number of carbonyl (C=O) groups is 1. The highest BCUT2D eigenvalue weighted by Crippen LogP contribution is 2.31. The van der Waals surface area contributed by atoms with Gasteiger partial charge in [-0.05, 0) is 61.2 Å². The van der Waals surface area contributed by atoms with Crippen molar-refractivity contribution in [3.8, 4) is 11.1 Å². The molecule has 1 N–H and O–H groups in total. The summed E-state index contributed by atoms with van der Waals surface area (Å²) < 4.78 is 14.7. The number of aromatic nitrogens is 2. The standard InChI is InChI=1S/C24H22FN3O2S/c1-4-20(22(29)27-18-10-14(2)9-15(3)11-18)28-13-26-23-21(24(28)30)19(12-31-23)16-5-7-17(25)8-6-16/h5-13,20H,4H2,1-3H3,(H,27,29). The second kappa shape index (κ2) is 8.43. The van der Waals surface area contributed by atoms with E-state index in [0.29, 0.717) is 27.9 Å². The molecule has 31 heavy (non-hydrogen) atoms. The van der Waals surface area contributed by atoms with E-state index in [4.69, 9.17) is 0 Å². The van der Waals surface area contributed by atoms with Crippen LogP contribution in [0.2, 0.25) is 0 Å². The first-order valence-corrected chi connectivity index (χ1v) is 10.9. The number of benzene rings is 2. The monoisotopic (exact) mass is 435 g/mol. The molecule has 1 amide bonds. The summed E-state index contributed by atoms with van der Waals surface area (Å²) in [4.78, 5) is 31.4. The van der Waals surface area contributed by atoms with E-state index in [-0.39, 0.29) is 17.3 Å². The molecule has 1 unspecified atom stereocenters. The van der Waals surface area contributed by atoms with Gasteiger partial charge in [0, 0.05) is 16.6 Å². The molecule has 0 bridgehead atoms. The molecule has 0 radical (unpaired) electrons. The number of carbonyl (C=O) groups excluding carboxylic acids is 1. The average molecular weight is 436 g/mol. The Labute approximate surface area is 183 Å². The summed E-state index contributed by atoms with van der Waals surface area (Å²) in [6.45, 7) is 5.79. The van der Waals surface area contributed by atoms with Gasteiger partial charge in [0.1, 0.15) is 16.7 Å². The van der Waals surface area contributed by atoms with Crippen LogP contribution in [0.3, 0.4) is 0 Å². The molecular formula is C24H22FN3O2S. The molecule has 2 heterocycles. The first-order chi connectivity index (χ1) is 14.9. The number of amides is 1.